The van der Waals surface area contributed by atoms with E-state index in [-0.39, 0.29) is 23.5 Å². The van der Waals surface area contributed by atoms with Crippen LogP contribution in [0.15, 0.2) is 42.7 Å². The lowest BCUT2D eigenvalue weighted by atomic mass is 10.1. The Hall–Kier alpha value is -2.56. The molecule has 2 aromatic rings. The lowest BCUT2D eigenvalue weighted by molar-refractivity contribution is -0.122. The Morgan fingerprint density at radius 1 is 1.41 bits per heavy atom. The number of hydrogen-bond donors (Lipinski definition) is 2. The minimum Gasteiger partial charge on any atom is -0.506 e. The summed E-state index contributed by atoms with van der Waals surface area (Å²) in [5, 5.41) is 12.2. The first-order valence-electron chi connectivity index (χ1n) is 7.22. The average molecular weight is 298 g/mol. The molecule has 5 heteroatoms. The fourth-order valence-electron chi connectivity index (χ4n) is 2.62. The summed E-state index contributed by atoms with van der Waals surface area (Å²) in [6, 6.07) is 9.45. The highest BCUT2D eigenvalue weighted by molar-refractivity contribution is 5.82. The highest BCUT2D eigenvalue weighted by Crippen LogP contribution is 2.48. The zero-order valence-electron chi connectivity index (χ0n) is 12.3. The molecule has 5 nitrogen and oxygen atoms in total. The molecular formula is C17H18N2O3. The van der Waals surface area contributed by atoms with E-state index in [1.807, 2.05) is 24.3 Å². The molecular weight excluding hydrogens is 280 g/mol. The average Bonchev–Trinajstić information content (AvgIpc) is 3.33. The van der Waals surface area contributed by atoms with Gasteiger partial charge in [-0.15, -0.1) is 0 Å². The molecule has 1 fully saturated rings. The van der Waals surface area contributed by atoms with E-state index in [2.05, 4.69) is 10.3 Å². The van der Waals surface area contributed by atoms with Crippen LogP contribution in [0.5, 0.6) is 11.5 Å². The number of pyridine rings is 1. The Balaban J connectivity index is 1.56. The summed E-state index contributed by atoms with van der Waals surface area (Å²) in [5.41, 5.74) is 1.92. The van der Waals surface area contributed by atoms with Gasteiger partial charge in [0.2, 0.25) is 5.91 Å². The first-order chi connectivity index (χ1) is 10.7. The molecule has 114 valence electrons. The van der Waals surface area contributed by atoms with Crippen molar-refractivity contribution in [1.82, 2.24) is 10.3 Å². The molecule has 0 radical (unpaired) electrons. The Bertz CT molecular complexity index is 687. The number of rotatable bonds is 5. The van der Waals surface area contributed by atoms with Gasteiger partial charge < -0.3 is 15.2 Å². The Morgan fingerprint density at radius 2 is 2.27 bits per heavy atom. The predicted molar refractivity (Wildman–Crippen MR) is 81.6 cm³/mol. The van der Waals surface area contributed by atoms with Crippen LogP contribution < -0.4 is 10.1 Å². The van der Waals surface area contributed by atoms with Gasteiger partial charge in [0.1, 0.15) is 11.5 Å². The third-order valence-corrected chi connectivity index (χ3v) is 3.90. The molecule has 3 rings (SSSR count). The van der Waals surface area contributed by atoms with E-state index in [0.717, 1.165) is 23.3 Å². The maximum absolute atomic E-state index is 12.2. The lowest BCUT2D eigenvalue weighted by Gasteiger charge is -2.06. The summed E-state index contributed by atoms with van der Waals surface area (Å²) >= 11 is 0. The van der Waals surface area contributed by atoms with Crippen molar-refractivity contribution in [3.63, 3.8) is 0 Å². The van der Waals surface area contributed by atoms with Crippen LogP contribution >= 0.6 is 0 Å². The minimum atomic E-state index is 0.0115. The van der Waals surface area contributed by atoms with Gasteiger partial charge in [0.25, 0.3) is 0 Å². The number of hydrogen-bond acceptors (Lipinski definition) is 4. The van der Waals surface area contributed by atoms with Crippen molar-refractivity contribution in [2.45, 2.75) is 18.9 Å². The van der Waals surface area contributed by atoms with Crippen LogP contribution in [0.3, 0.4) is 0 Å². The highest BCUT2D eigenvalue weighted by Gasteiger charge is 2.43. The SMILES string of the molecule is COc1cccc([C@@H]2C[C@H]2C(=O)NCc2cncc(O)c2)c1. The summed E-state index contributed by atoms with van der Waals surface area (Å²) in [6.07, 6.45) is 3.86. The van der Waals surface area contributed by atoms with Gasteiger partial charge in [0.15, 0.2) is 0 Å². The molecule has 1 aliphatic carbocycles. The van der Waals surface area contributed by atoms with Crippen molar-refractivity contribution < 1.29 is 14.6 Å². The summed E-state index contributed by atoms with van der Waals surface area (Å²) < 4.78 is 5.21. The summed E-state index contributed by atoms with van der Waals surface area (Å²) in [5.74, 6) is 1.23. The molecule has 22 heavy (non-hydrogen) atoms. The topological polar surface area (TPSA) is 71.5 Å². The second-order valence-corrected chi connectivity index (χ2v) is 5.49. The molecule has 0 saturated heterocycles. The Kier molecular flexibility index (Phi) is 3.96. The van der Waals surface area contributed by atoms with Crippen LogP contribution in [0.25, 0.3) is 0 Å². The molecule has 1 amide bonds. The smallest absolute Gasteiger partial charge is 0.224 e. The number of carbonyl (C=O) groups excluding carboxylic acids is 1. The zero-order valence-corrected chi connectivity index (χ0v) is 12.3. The Labute approximate surface area is 129 Å². The number of carbonyl (C=O) groups is 1. The molecule has 0 spiro atoms. The molecule has 1 aromatic carbocycles. The van der Waals surface area contributed by atoms with E-state index in [1.165, 1.54) is 6.20 Å². The van der Waals surface area contributed by atoms with Crippen molar-refractivity contribution >= 4 is 5.91 Å². The number of benzene rings is 1. The van der Waals surface area contributed by atoms with Gasteiger partial charge in [-0.2, -0.15) is 0 Å². The molecule has 1 heterocycles. The second-order valence-electron chi connectivity index (χ2n) is 5.49. The molecule has 1 aromatic heterocycles. The largest absolute Gasteiger partial charge is 0.506 e. The van der Waals surface area contributed by atoms with Crippen LogP contribution in [0.4, 0.5) is 0 Å². The molecule has 0 aliphatic heterocycles. The van der Waals surface area contributed by atoms with Crippen LogP contribution in [0.2, 0.25) is 0 Å². The molecule has 1 saturated carbocycles. The van der Waals surface area contributed by atoms with Crippen molar-refractivity contribution in [1.29, 1.82) is 0 Å². The van der Waals surface area contributed by atoms with E-state index in [1.54, 1.807) is 19.4 Å². The van der Waals surface area contributed by atoms with E-state index in [4.69, 9.17) is 4.74 Å². The third kappa shape index (κ3) is 3.19. The third-order valence-electron chi connectivity index (χ3n) is 3.90. The van der Waals surface area contributed by atoms with Gasteiger partial charge in [0, 0.05) is 18.7 Å². The number of aromatic nitrogens is 1. The number of amides is 1. The number of nitrogens with zero attached hydrogens (tertiary/aromatic N) is 1. The molecule has 1 aliphatic rings. The first kappa shape index (κ1) is 14.4. The standard InChI is InChI=1S/C17H18N2O3/c1-22-14-4-2-3-12(6-14)15-7-16(15)17(21)19-9-11-5-13(20)10-18-8-11/h2-6,8,10,15-16,20H,7,9H2,1H3,(H,19,21)/t15-,16+/m0/s1. The van der Waals surface area contributed by atoms with Crippen molar-refractivity contribution in [3.05, 3.63) is 53.9 Å². The van der Waals surface area contributed by atoms with Gasteiger partial charge in [-0.1, -0.05) is 12.1 Å². The summed E-state index contributed by atoms with van der Waals surface area (Å²) in [7, 11) is 1.64. The Morgan fingerprint density at radius 3 is 3.05 bits per heavy atom. The van der Waals surface area contributed by atoms with E-state index in [9.17, 15) is 9.90 Å². The monoisotopic (exact) mass is 298 g/mol. The van der Waals surface area contributed by atoms with Crippen LogP contribution in [0, 0.1) is 5.92 Å². The van der Waals surface area contributed by atoms with E-state index < -0.39 is 0 Å². The summed E-state index contributed by atoms with van der Waals surface area (Å²) in [6.45, 7) is 0.377. The predicted octanol–water partition coefficient (Wildman–Crippen LogP) is 2.22. The number of methoxy groups -OCH3 is 1. The van der Waals surface area contributed by atoms with Crippen LogP contribution in [-0.4, -0.2) is 23.1 Å². The van der Waals surface area contributed by atoms with Crippen molar-refractivity contribution in [3.8, 4) is 11.5 Å². The van der Waals surface area contributed by atoms with Gasteiger partial charge in [0.05, 0.1) is 13.3 Å². The maximum Gasteiger partial charge on any atom is 0.224 e. The van der Waals surface area contributed by atoms with E-state index >= 15 is 0 Å². The lowest BCUT2D eigenvalue weighted by Crippen LogP contribution is -2.24. The quantitative estimate of drug-likeness (QED) is 0.888. The van der Waals surface area contributed by atoms with Gasteiger partial charge in [-0.3, -0.25) is 9.78 Å². The van der Waals surface area contributed by atoms with Gasteiger partial charge in [-0.05, 0) is 41.7 Å². The fraction of sp³-hybridized carbons (Fsp3) is 0.294. The van der Waals surface area contributed by atoms with E-state index in [0.29, 0.717) is 6.54 Å². The van der Waals surface area contributed by atoms with Gasteiger partial charge in [-0.25, -0.2) is 0 Å². The highest BCUT2D eigenvalue weighted by atomic mass is 16.5. The van der Waals surface area contributed by atoms with Crippen LogP contribution in [0.1, 0.15) is 23.5 Å². The fourth-order valence-corrected chi connectivity index (χ4v) is 2.62. The van der Waals surface area contributed by atoms with Crippen molar-refractivity contribution in [2.24, 2.45) is 5.92 Å². The maximum atomic E-state index is 12.2. The molecule has 0 unspecified atom stereocenters. The summed E-state index contributed by atoms with van der Waals surface area (Å²) in [4.78, 5) is 16.1. The molecule has 0 bridgehead atoms. The number of ether oxygens (including phenoxy) is 1. The minimum absolute atomic E-state index is 0.0115. The number of nitrogens with one attached hydrogen (secondary N) is 1. The van der Waals surface area contributed by atoms with Crippen LogP contribution in [-0.2, 0) is 11.3 Å². The molecule has 2 atom stereocenters. The first-order valence-corrected chi connectivity index (χ1v) is 7.22. The number of aromatic hydroxyl groups is 1. The van der Waals surface area contributed by atoms with Gasteiger partial charge >= 0.3 is 0 Å². The molecule has 2 N–H and O–H groups in total. The van der Waals surface area contributed by atoms with Crippen molar-refractivity contribution in [2.75, 3.05) is 7.11 Å². The second kappa shape index (κ2) is 6.05. The normalized spacial score (nSPS) is 19.5. The zero-order chi connectivity index (χ0) is 15.5.